The normalized spacial score (nSPS) is 21.2. The van der Waals surface area contributed by atoms with Gasteiger partial charge in [-0.1, -0.05) is 38.1 Å². The Bertz CT molecular complexity index is 1140. The summed E-state index contributed by atoms with van der Waals surface area (Å²) in [7, 11) is 1.59. The quantitative estimate of drug-likeness (QED) is 0.324. The van der Waals surface area contributed by atoms with E-state index < -0.39 is 29.8 Å². The summed E-state index contributed by atoms with van der Waals surface area (Å²) < 4.78 is 28.3. The van der Waals surface area contributed by atoms with Crippen LogP contribution in [0, 0.1) is 5.41 Å². The van der Waals surface area contributed by atoms with Crippen LogP contribution in [0.15, 0.2) is 48.5 Å². The molecule has 0 aliphatic carbocycles. The van der Waals surface area contributed by atoms with Crippen LogP contribution in [0.2, 0.25) is 0 Å². The molecule has 0 radical (unpaired) electrons. The number of aliphatic hydroxyl groups is 1. The third kappa shape index (κ3) is 9.14. The van der Waals surface area contributed by atoms with E-state index in [1.54, 1.807) is 7.11 Å². The fourth-order valence-electron chi connectivity index (χ4n) is 4.75. The molecule has 0 aromatic heterocycles. The SMILES string of the molecule is COc1ccc(C2OCC(C)(C)[C@H](C(=O)NCCC(O)C(=O)NCc3ccc(OCCN4CCOCC4)cc3)O2)cc1. The van der Waals surface area contributed by atoms with Crippen LogP contribution < -0.4 is 20.1 Å². The third-order valence-corrected chi connectivity index (χ3v) is 7.39. The van der Waals surface area contributed by atoms with Gasteiger partial charge in [0.05, 0.1) is 26.9 Å². The van der Waals surface area contributed by atoms with Gasteiger partial charge in [0.15, 0.2) is 6.29 Å². The van der Waals surface area contributed by atoms with Gasteiger partial charge in [-0.05, 0) is 36.2 Å². The summed E-state index contributed by atoms with van der Waals surface area (Å²) in [6.45, 7) is 9.34. The summed E-state index contributed by atoms with van der Waals surface area (Å²) in [5.41, 5.74) is 1.10. The summed E-state index contributed by atoms with van der Waals surface area (Å²) in [6.07, 6.45) is -2.65. The molecule has 3 atom stereocenters. The highest BCUT2D eigenvalue weighted by molar-refractivity contribution is 5.82. The molecule has 2 aliphatic heterocycles. The van der Waals surface area contributed by atoms with E-state index in [4.69, 9.17) is 23.7 Å². The molecule has 2 saturated heterocycles. The molecule has 2 unspecified atom stereocenters. The lowest BCUT2D eigenvalue weighted by Gasteiger charge is -2.41. The van der Waals surface area contributed by atoms with Crippen molar-refractivity contribution in [2.75, 3.05) is 59.7 Å². The van der Waals surface area contributed by atoms with Gasteiger partial charge < -0.3 is 39.4 Å². The zero-order valence-corrected chi connectivity index (χ0v) is 24.7. The van der Waals surface area contributed by atoms with Gasteiger partial charge in [0.1, 0.15) is 30.3 Å². The minimum Gasteiger partial charge on any atom is -0.497 e. The van der Waals surface area contributed by atoms with Gasteiger partial charge >= 0.3 is 0 Å². The van der Waals surface area contributed by atoms with Crippen LogP contribution >= 0.6 is 0 Å². The van der Waals surface area contributed by atoms with E-state index >= 15 is 0 Å². The van der Waals surface area contributed by atoms with Crippen LogP contribution in [0.1, 0.15) is 37.7 Å². The van der Waals surface area contributed by atoms with Crippen LogP contribution in [-0.4, -0.2) is 93.7 Å². The zero-order valence-electron chi connectivity index (χ0n) is 24.7. The van der Waals surface area contributed by atoms with E-state index in [0.29, 0.717) is 19.0 Å². The first-order valence-corrected chi connectivity index (χ1v) is 14.4. The number of nitrogens with one attached hydrogen (secondary N) is 2. The average Bonchev–Trinajstić information content (AvgIpc) is 3.01. The highest BCUT2D eigenvalue weighted by Crippen LogP contribution is 2.37. The summed E-state index contributed by atoms with van der Waals surface area (Å²) >= 11 is 0. The van der Waals surface area contributed by atoms with E-state index in [-0.39, 0.29) is 25.4 Å². The van der Waals surface area contributed by atoms with E-state index in [0.717, 1.165) is 49.7 Å². The number of hydrogen-bond donors (Lipinski definition) is 3. The number of hydrogen-bond acceptors (Lipinski definition) is 9. The fraction of sp³-hybridized carbons (Fsp3) is 0.548. The minimum atomic E-state index is -1.26. The average molecular weight is 586 g/mol. The van der Waals surface area contributed by atoms with Gasteiger partial charge in [-0.3, -0.25) is 14.5 Å². The number of aliphatic hydroxyl groups excluding tert-OH is 1. The second-order valence-corrected chi connectivity index (χ2v) is 11.2. The van der Waals surface area contributed by atoms with E-state index in [1.807, 2.05) is 62.4 Å². The molecule has 2 heterocycles. The molecule has 0 saturated carbocycles. The third-order valence-electron chi connectivity index (χ3n) is 7.39. The Morgan fingerprint density at radius 1 is 1.05 bits per heavy atom. The van der Waals surface area contributed by atoms with Gasteiger partial charge in [0, 0.05) is 43.7 Å². The predicted octanol–water partition coefficient (Wildman–Crippen LogP) is 2.03. The highest BCUT2D eigenvalue weighted by Gasteiger charge is 2.43. The second-order valence-electron chi connectivity index (χ2n) is 11.2. The van der Waals surface area contributed by atoms with E-state index in [2.05, 4.69) is 15.5 Å². The molecule has 0 bridgehead atoms. The molecule has 230 valence electrons. The Labute approximate surface area is 247 Å². The van der Waals surface area contributed by atoms with Crippen LogP contribution in [0.5, 0.6) is 11.5 Å². The first-order valence-electron chi connectivity index (χ1n) is 14.4. The van der Waals surface area contributed by atoms with Crippen LogP contribution in [0.25, 0.3) is 0 Å². The van der Waals surface area contributed by atoms with Gasteiger partial charge in [-0.2, -0.15) is 0 Å². The van der Waals surface area contributed by atoms with E-state index in [1.165, 1.54) is 0 Å². The molecule has 2 amide bonds. The van der Waals surface area contributed by atoms with Gasteiger partial charge in [-0.15, -0.1) is 0 Å². The number of rotatable bonds is 13. The molecule has 4 rings (SSSR count). The standard InChI is InChI=1S/C31H43N3O8/c1-31(2)21-41-30(23-6-10-24(38-3)11-7-23)42-27(31)29(37)32-13-12-26(35)28(36)33-20-22-4-8-25(9-5-22)40-19-16-34-14-17-39-18-15-34/h4-11,26-27,30,35H,12-21H2,1-3H3,(H,32,37)(H,33,36)/t26?,27-,30?/m0/s1. The van der Waals surface area contributed by atoms with Crippen molar-refractivity contribution in [2.24, 2.45) is 5.41 Å². The van der Waals surface area contributed by atoms with Crippen molar-refractivity contribution < 1.29 is 38.4 Å². The Morgan fingerprint density at radius 3 is 2.43 bits per heavy atom. The van der Waals surface area contributed by atoms with Crippen LogP contribution in [0.4, 0.5) is 0 Å². The van der Waals surface area contributed by atoms with Gasteiger partial charge in [0.25, 0.3) is 0 Å². The van der Waals surface area contributed by atoms with E-state index in [9.17, 15) is 14.7 Å². The molecular weight excluding hydrogens is 542 g/mol. The molecule has 0 spiro atoms. The minimum absolute atomic E-state index is 0.0685. The maximum absolute atomic E-state index is 13.0. The van der Waals surface area contributed by atoms with Gasteiger partial charge in [0.2, 0.25) is 11.8 Å². The van der Waals surface area contributed by atoms with Crippen molar-refractivity contribution in [1.82, 2.24) is 15.5 Å². The van der Waals surface area contributed by atoms with Crippen molar-refractivity contribution in [1.29, 1.82) is 0 Å². The number of carbonyl (C=O) groups excluding carboxylic acids is 2. The molecule has 3 N–H and O–H groups in total. The number of amides is 2. The van der Waals surface area contributed by atoms with Crippen molar-refractivity contribution in [3.63, 3.8) is 0 Å². The molecular formula is C31H43N3O8. The summed E-state index contributed by atoms with van der Waals surface area (Å²) in [5.74, 6) is 0.657. The first-order chi connectivity index (χ1) is 20.2. The molecule has 11 nitrogen and oxygen atoms in total. The Hall–Kier alpha value is -3.22. The monoisotopic (exact) mass is 585 g/mol. The molecule has 2 aliphatic rings. The maximum atomic E-state index is 13.0. The zero-order chi connectivity index (χ0) is 30.0. The lowest BCUT2D eigenvalue weighted by atomic mass is 9.85. The largest absolute Gasteiger partial charge is 0.497 e. The second kappa shape index (κ2) is 15.3. The van der Waals surface area contributed by atoms with Gasteiger partial charge in [-0.25, -0.2) is 0 Å². The van der Waals surface area contributed by atoms with Crippen molar-refractivity contribution in [3.8, 4) is 11.5 Å². The molecule has 2 aromatic rings. The molecule has 2 fully saturated rings. The summed E-state index contributed by atoms with van der Waals surface area (Å²) in [5, 5.41) is 15.9. The molecule has 42 heavy (non-hydrogen) atoms. The Kier molecular flexibility index (Phi) is 11.6. The smallest absolute Gasteiger partial charge is 0.249 e. The number of morpholine rings is 1. The number of benzene rings is 2. The maximum Gasteiger partial charge on any atom is 0.249 e. The number of nitrogens with zero attached hydrogens (tertiary/aromatic N) is 1. The van der Waals surface area contributed by atoms with Crippen LogP contribution in [0.3, 0.4) is 0 Å². The first kappa shape index (κ1) is 31.7. The fourth-order valence-corrected chi connectivity index (χ4v) is 4.75. The highest BCUT2D eigenvalue weighted by atomic mass is 16.7. The lowest BCUT2D eigenvalue weighted by Crippen LogP contribution is -2.52. The number of methoxy groups -OCH3 is 1. The lowest BCUT2D eigenvalue weighted by molar-refractivity contribution is -0.258. The number of carbonyl (C=O) groups is 2. The number of ether oxygens (including phenoxy) is 5. The van der Waals surface area contributed by atoms with Crippen molar-refractivity contribution >= 4 is 11.8 Å². The van der Waals surface area contributed by atoms with Crippen molar-refractivity contribution in [2.45, 2.75) is 45.3 Å². The topological polar surface area (TPSA) is 128 Å². The summed E-state index contributed by atoms with van der Waals surface area (Å²) in [4.78, 5) is 27.8. The summed E-state index contributed by atoms with van der Waals surface area (Å²) in [6, 6.07) is 14.8. The predicted molar refractivity (Wildman–Crippen MR) is 155 cm³/mol. The Morgan fingerprint density at radius 2 is 1.74 bits per heavy atom. The Balaban J connectivity index is 1.15. The van der Waals surface area contributed by atoms with Crippen LogP contribution in [-0.2, 0) is 30.3 Å². The molecule has 2 aromatic carbocycles. The molecule has 11 heteroatoms. The van der Waals surface area contributed by atoms with Crippen molar-refractivity contribution in [3.05, 3.63) is 59.7 Å².